The van der Waals surface area contributed by atoms with E-state index in [2.05, 4.69) is 35.3 Å². The van der Waals surface area contributed by atoms with Crippen molar-refractivity contribution in [1.29, 1.82) is 0 Å². The molecule has 0 saturated carbocycles. The molecule has 0 unspecified atom stereocenters. The van der Waals surface area contributed by atoms with Crippen molar-refractivity contribution in [2.45, 2.75) is 45.6 Å². The van der Waals surface area contributed by atoms with Gasteiger partial charge in [-0.2, -0.15) is 0 Å². The molecule has 1 heterocycles. The predicted octanol–water partition coefficient (Wildman–Crippen LogP) is 4.07. The lowest BCUT2D eigenvalue weighted by molar-refractivity contribution is -0.120. The molecule has 0 aliphatic carbocycles. The molecule has 0 spiro atoms. The predicted molar refractivity (Wildman–Crippen MR) is 121 cm³/mol. The van der Waals surface area contributed by atoms with Gasteiger partial charge in [0.15, 0.2) is 12.4 Å². The van der Waals surface area contributed by atoms with Gasteiger partial charge < -0.3 is 15.9 Å². The summed E-state index contributed by atoms with van der Waals surface area (Å²) in [4.78, 5) is 19.8. The lowest BCUT2D eigenvalue weighted by Crippen LogP contribution is -2.30. The summed E-state index contributed by atoms with van der Waals surface area (Å²) < 4.78 is 0. The van der Waals surface area contributed by atoms with E-state index in [9.17, 15) is 4.79 Å². The van der Waals surface area contributed by atoms with Crippen molar-refractivity contribution in [3.8, 4) is 0 Å². The van der Waals surface area contributed by atoms with Gasteiger partial charge in [-0.1, -0.05) is 61.8 Å². The number of likely N-dealkylation sites (tertiary alicyclic amines) is 1. The molecule has 6 heteroatoms. The Morgan fingerprint density at radius 3 is 2.50 bits per heavy atom. The Labute approximate surface area is 179 Å². The Balaban J connectivity index is 1.54. The van der Waals surface area contributed by atoms with Crippen LogP contribution in [0, 0.1) is 0 Å². The summed E-state index contributed by atoms with van der Waals surface area (Å²) in [6.45, 7) is 7.14. The van der Waals surface area contributed by atoms with Crippen LogP contribution in [0.25, 0.3) is 0 Å². The van der Waals surface area contributed by atoms with Gasteiger partial charge in [-0.3, -0.25) is 9.69 Å². The van der Waals surface area contributed by atoms with Crippen molar-refractivity contribution in [3.63, 3.8) is 0 Å². The van der Waals surface area contributed by atoms with E-state index in [1.54, 1.807) is 0 Å². The highest BCUT2D eigenvalue weighted by molar-refractivity contribution is 5.98. The number of amidine groups is 1. The first-order valence-electron chi connectivity index (χ1n) is 10.7. The molecule has 0 radical (unpaired) electrons. The maximum absolute atomic E-state index is 12.1. The number of hydrogen-bond donors (Lipinski definition) is 2. The number of benzene rings is 2. The summed E-state index contributed by atoms with van der Waals surface area (Å²) in [5.41, 5.74) is 10.1. The lowest BCUT2D eigenvalue weighted by Gasteiger charge is -2.27. The topological polar surface area (TPSA) is 79.9 Å². The number of nitrogens with two attached hydrogens (primary N) is 1. The second kappa shape index (κ2) is 10.8. The van der Waals surface area contributed by atoms with Gasteiger partial charge in [0.2, 0.25) is 0 Å². The van der Waals surface area contributed by atoms with E-state index in [-0.39, 0.29) is 18.3 Å². The zero-order valence-electron chi connectivity index (χ0n) is 17.9. The Bertz CT molecular complexity index is 856. The molecule has 30 heavy (non-hydrogen) atoms. The average Bonchev–Trinajstić information content (AvgIpc) is 2.75. The van der Waals surface area contributed by atoms with Gasteiger partial charge in [-0.15, -0.1) is 0 Å². The minimum atomic E-state index is -0.273. The summed E-state index contributed by atoms with van der Waals surface area (Å²) in [5, 5.41) is 6.79. The number of anilines is 1. The average molecular weight is 409 g/mol. The van der Waals surface area contributed by atoms with Crippen molar-refractivity contribution in [3.05, 3.63) is 65.2 Å². The number of oxime groups is 1. The Kier molecular flexibility index (Phi) is 7.85. The highest BCUT2D eigenvalue weighted by atomic mass is 16.6. The number of rotatable bonds is 8. The Morgan fingerprint density at radius 1 is 1.10 bits per heavy atom. The first-order valence-corrected chi connectivity index (χ1v) is 10.7. The molecule has 2 aromatic carbocycles. The molecule has 1 saturated heterocycles. The van der Waals surface area contributed by atoms with Crippen LogP contribution in [0.15, 0.2) is 53.7 Å². The molecule has 1 aliphatic heterocycles. The third-order valence-electron chi connectivity index (χ3n) is 5.36. The van der Waals surface area contributed by atoms with E-state index < -0.39 is 0 Å². The van der Waals surface area contributed by atoms with E-state index in [1.165, 1.54) is 24.8 Å². The fourth-order valence-electron chi connectivity index (χ4n) is 3.62. The SMILES string of the molecule is CC(C)c1ccc(NC(=O)CO/N=C(/N)c2ccccc2CN2CCCCC2)cc1. The number of hydrogen-bond acceptors (Lipinski definition) is 4. The van der Waals surface area contributed by atoms with Crippen LogP contribution in [-0.2, 0) is 16.2 Å². The number of amides is 1. The minimum absolute atomic E-state index is 0.194. The third kappa shape index (κ3) is 6.32. The molecule has 0 bridgehead atoms. The van der Waals surface area contributed by atoms with E-state index >= 15 is 0 Å². The molecular weight excluding hydrogens is 376 g/mol. The quantitative estimate of drug-likeness (QED) is 0.392. The fraction of sp³-hybridized carbons (Fsp3) is 0.417. The molecule has 160 valence electrons. The maximum Gasteiger partial charge on any atom is 0.265 e. The lowest BCUT2D eigenvalue weighted by atomic mass is 10.0. The summed E-state index contributed by atoms with van der Waals surface area (Å²) >= 11 is 0. The zero-order chi connectivity index (χ0) is 21.3. The zero-order valence-corrected chi connectivity index (χ0v) is 17.9. The smallest absolute Gasteiger partial charge is 0.265 e. The van der Waals surface area contributed by atoms with Crippen LogP contribution in [0.2, 0.25) is 0 Å². The molecule has 1 fully saturated rings. The van der Waals surface area contributed by atoms with E-state index in [0.29, 0.717) is 5.92 Å². The van der Waals surface area contributed by atoms with E-state index in [4.69, 9.17) is 10.6 Å². The monoisotopic (exact) mass is 408 g/mol. The van der Waals surface area contributed by atoms with Gasteiger partial charge in [-0.05, 0) is 55.1 Å². The number of nitrogens with one attached hydrogen (secondary N) is 1. The Morgan fingerprint density at radius 2 is 1.80 bits per heavy atom. The van der Waals surface area contributed by atoms with Gasteiger partial charge in [0, 0.05) is 17.8 Å². The molecular formula is C24H32N4O2. The molecule has 6 nitrogen and oxygen atoms in total. The normalized spacial score (nSPS) is 15.2. The Hall–Kier alpha value is -2.86. The van der Waals surface area contributed by atoms with Crippen LogP contribution in [-0.4, -0.2) is 36.3 Å². The number of nitrogens with zero attached hydrogens (tertiary/aromatic N) is 2. The standard InChI is InChI=1S/C24H32N4O2/c1-18(2)19-10-12-21(13-11-19)26-23(29)17-30-27-24(25)22-9-5-4-8-20(22)16-28-14-6-3-7-15-28/h4-5,8-13,18H,3,6-7,14-17H2,1-2H3,(H2,25,27)(H,26,29). The highest BCUT2D eigenvalue weighted by Gasteiger charge is 2.14. The molecule has 1 amide bonds. The van der Waals surface area contributed by atoms with Gasteiger partial charge in [-0.25, -0.2) is 0 Å². The van der Waals surface area contributed by atoms with Gasteiger partial charge in [0.1, 0.15) is 0 Å². The molecule has 3 rings (SSSR count). The number of carbonyl (C=O) groups is 1. The maximum atomic E-state index is 12.1. The summed E-state index contributed by atoms with van der Waals surface area (Å²) in [6, 6.07) is 15.8. The van der Waals surface area contributed by atoms with Crippen molar-refractivity contribution >= 4 is 17.4 Å². The molecule has 2 aromatic rings. The van der Waals surface area contributed by atoms with E-state index in [1.807, 2.05) is 42.5 Å². The summed E-state index contributed by atoms with van der Waals surface area (Å²) in [7, 11) is 0. The first-order chi connectivity index (χ1) is 14.5. The first kappa shape index (κ1) is 21.8. The fourth-order valence-corrected chi connectivity index (χ4v) is 3.62. The van der Waals surface area contributed by atoms with Crippen LogP contribution >= 0.6 is 0 Å². The van der Waals surface area contributed by atoms with Crippen LogP contribution in [0.4, 0.5) is 5.69 Å². The summed E-state index contributed by atoms with van der Waals surface area (Å²) in [6.07, 6.45) is 3.79. The van der Waals surface area contributed by atoms with Gasteiger partial charge in [0.25, 0.3) is 5.91 Å². The molecule has 3 N–H and O–H groups in total. The van der Waals surface area contributed by atoms with Crippen molar-refractivity contribution in [1.82, 2.24) is 4.90 Å². The second-order valence-electron chi connectivity index (χ2n) is 8.07. The van der Waals surface area contributed by atoms with Crippen molar-refractivity contribution in [2.75, 3.05) is 25.0 Å². The molecule has 1 aliphatic rings. The van der Waals surface area contributed by atoms with Gasteiger partial charge in [0.05, 0.1) is 0 Å². The van der Waals surface area contributed by atoms with Crippen molar-refractivity contribution < 1.29 is 9.63 Å². The summed E-state index contributed by atoms with van der Waals surface area (Å²) in [5.74, 6) is 0.468. The minimum Gasteiger partial charge on any atom is -0.384 e. The van der Waals surface area contributed by atoms with Crippen molar-refractivity contribution in [2.24, 2.45) is 10.9 Å². The number of carbonyl (C=O) groups excluding carboxylic acids is 1. The second-order valence-corrected chi connectivity index (χ2v) is 8.07. The highest BCUT2D eigenvalue weighted by Crippen LogP contribution is 2.18. The van der Waals surface area contributed by atoms with Crippen LogP contribution < -0.4 is 11.1 Å². The van der Waals surface area contributed by atoms with E-state index in [0.717, 1.165) is 36.4 Å². The van der Waals surface area contributed by atoms with Crippen LogP contribution in [0.5, 0.6) is 0 Å². The van der Waals surface area contributed by atoms with Gasteiger partial charge >= 0.3 is 0 Å². The molecule has 0 aromatic heterocycles. The molecule has 0 atom stereocenters. The van der Waals surface area contributed by atoms with Crippen LogP contribution in [0.1, 0.15) is 55.7 Å². The number of piperidine rings is 1. The van der Waals surface area contributed by atoms with Crippen LogP contribution in [0.3, 0.4) is 0 Å². The third-order valence-corrected chi connectivity index (χ3v) is 5.36. The largest absolute Gasteiger partial charge is 0.384 e.